The molecule has 4 heterocycles. The van der Waals surface area contributed by atoms with Crippen LogP contribution < -0.4 is 9.64 Å². The Bertz CT molecular complexity index is 2410. The van der Waals surface area contributed by atoms with Crippen LogP contribution in [0.5, 0.6) is 5.75 Å². The van der Waals surface area contributed by atoms with Gasteiger partial charge in [0.15, 0.2) is 0 Å². The van der Waals surface area contributed by atoms with Gasteiger partial charge in [0.2, 0.25) is 0 Å². The number of benzene rings is 3. The van der Waals surface area contributed by atoms with E-state index in [1.54, 1.807) is 68.4 Å². The van der Waals surface area contributed by atoms with Crippen molar-refractivity contribution in [2.75, 3.05) is 40.4 Å². The van der Waals surface area contributed by atoms with Crippen molar-refractivity contribution >= 4 is 88.1 Å². The van der Waals surface area contributed by atoms with Gasteiger partial charge in [-0.05, 0) is 49.7 Å². The van der Waals surface area contributed by atoms with E-state index in [1.165, 1.54) is 24.1 Å². The average molecular weight is 857 g/mol. The Hall–Kier alpha value is -5.78. The van der Waals surface area contributed by atoms with Crippen LogP contribution in [-0.2, 0) is 49.3 Å². The summed E-state index contributed by atoms with van der Waals surface area (Å²) >= 11 is 2.43. The lowest BCUT2D eigenvalue weighted by Gasteiger charge is -2.51. The molecule has 14 nitrogen and oxygen atoms in total. The summed E-state index contributed by atoms with van der Waals surface area (Å²) in [6.07, 6.45) is -0.0490. The second-order valence-corrected chi connectivity index (χ2v) is 17.5. The Kier molecular flexibility index (Phi) is 11.1. The standard InChI is InChI=1S/C42H36N2O12S3/c1-41(2)33-28(42(29(37(48)53-4)30(57-33)38(49)54-5)58-31(39(50)55-6)32(59-42)40(51)56-7)25-20-22(52-3)17-18-26(25)44(41)36(47)27(19-21-13-9-8-10-14-21)43-34(45)23-15-11-12-16-24(23)35(43)46/h8-18,20,27H,19H2,1-7H3/t27-/m1/s1. The lowest BCUT2D eigenvalue weighted by atomic mass is 9.82. The second-order valence-electron chi connectivity index (χ2n) is 13.8. The highest BCUT2D eigenvalue weighted by Gasteiger charge is 2.62. The van der Waals surface area contributed by atoms with E-state index < -0.39 is 57.3 Å². The summed E-state index contributed by atoms with van der Waals surface area (Å²) in [7, 11) is 5.96. The zero-order chi connectivity index (χ0) is 42.6. The van der Waals surface area contributed by atoms with Crippen LogP contribution in [0, 0.1) is 0 Å². The van der Waals surface area contributed by atoms with E-state index >= 15 is 4.79 Å². The third-order valence-corrected chi connectivity index (χ3v) is 14.9. The number of hydrogen-bond donors (Lipinski definition) is 0. The molecular weight excluding hydrogens is 821 g/mol. The van der Waals surface area contributed by atoms with Crippen molar-refractivity contribution in [1.82, 2.24) is 4.90 Å². The van der Waals surface area contributed by atoms with Gasteiger partial charge >= 0.3 is 23.9 Å². The van der Waals surface area contributed by atoms with Crippen LogP contribution >= 0.6 is 35.3 Å². The van der Waals surface area contributed by atoms with Crippen molar-refractivity contribution in [1.29, 1.82) is 0 Å². The van der Waals surface area contributed by atoms with Crippen LogP contribution in [0.2, 0.25) is 0 Å². The van der Waals surface area contributed by atoms with E-state index in [4.69, 9.17) is 23.7 Å². The summed E-state index contributed by atoms with van der Waals surface area (Å²) in [4.78, 5) is 101. The molecule has 0 aliphatic carbocycles. The average Bonchev–Trinajstić information content (AvgIpc) is 3.76. The number of carbonyl (C=O) groups excluding carboxylic acids is 7. The number of methoxy groups -OCH3 is 5. The summed E-state index contributed by atoms with van der Waals surface area (Å²) < 4.78 is 24.5. The maximum absolute atomic E-state index is 15.7. The molecule has 0 fully saturated rings. The minimum Gasteiger partial charge on any atom is -0.497 e. The number of hydrogen-bond acceptors (Lipinski definition) is 15. The van der Waals surface area contributed by atoms with E-state index in [2.05, 4.69) is 0 Å². The van der Waals surface area contributed by atoms with Crippen molar-refractivity contribution in [2.24, 2.45) is 0 Å². The third-order valence-electron chi connectivity index (χ3n) is 10.3. The minimum atomic E-state index is -1.84. The van der Waals surface area contributed by atoms with Crippen molar-refractivity contribution in [3.63, 3.8) is 0 Å². The largest absolute Gasteiger partial charge is 0.497 e. The van der Waals surface area contributed by atoms with Gasteiger partial charge < -0.3 is 23.7 Å². The molecule has 1 spiro atoms. The number of ether oxygens (including phenoxy) is 5. The van der Waals surface area contributed by atoms with Gasteiger partial charge in [0.25, 0.3) is 17.7 Å². The summed E-state index contributed by atoms with van der Waals surface area (Å²) in [6.45, 7) is 3.43. The molecule has 17 heteroatoms. The van der Waals surface area contributed by atoms with E-state index in [0.717, 1.165) is 68.6 Å². The first-order valence-corrected chi connectivity index (χ1v) is 20.3. The van der Waals surface area contributed by atoms with Crippen LogP contribution in [0.1, 0.15) is 45.7 Å². The van der Waals surface area contributed by atoms with Gasteiger partial charge in [-0.3, -0.25) is 24.2 Å². The zero-order valence-electron chi connectivity index (χ0n) is 32.7. The molecule has 1 atom stereocenters. The van der Waals surface area contributed by atoms with Crippen molar-refractivity contribution in [3.8, 4) is 5.75 Å². The van der Waals surface area contributed by atoms with Crippen LogP contribution in [0.4, 0.5) is 5.69 Å². The van der Waals surface area contributed by atoms with Crippen molar-refractivity contribution < 1.29 is 57.2 Å². The fourth-order valence-corrected chi connectivity index (χ4v) is 12.6. The second kappa shape index (κ2) is 15.8. The molecule has 3 amide bonds. The number of imide groups is 1. The first kappa shape index (κ1) is 41.4. The number of esters is 4. The maximum atomic E-state index is 15.7. The number of fused-ring (bicyclic) bond motifs is 4. The topological polar surface area (TPSA) is 172 Å². The molecule has 0 radical (unpaired) electrons. The van der Waals surface area contributed by atoms with E-state index in [1.807, 2.05) is 6.07 Å². The minimum absolute atomic E-state index is 0.0490. The first-order chi connectivity index (χ1) is 28.2. The molecular formula is C42H36N2O12S3. The molecule has 0 bridgehead atoms. The summed E-state index contributed by atoms with van der Waals surface area (Å²) in [6, 6.07) is 18.8. The molecule has 0 saturated heterocycles. The molecule has 0 saturated carbocycles. The Morgan fingerprint density at radius 2 is 1.19 bits per heavy atom. The smallest absolute Gasteiger partial charge is 0.345 e. The first-order valence-electron chi connectivity index (χ1n) is 17.9. The molecule has 59 heavy (non-hydrogen) atoms. The van der Waals surface area contributed by atoms with Crippen molar-refractivity contribution in [3.05, 3.63) is 120 Å². The zero-order valence-corrected chi connectivity index (χ0v) is 35.2. The third kappa shape index (κ3) is 6.51. The summed E-state index contributed by atoms with van der Waals surface area (Å²) in [5.74, 6) is -5.31. The highest BCUT2D eigenvalue weighted by molar-refractivity contribution is 8.26. The normalized spacial score (nSPS) is 17.9. The number of anilines is 1. The highest BCUT2D eigenvalue weighted by Crippen LogP contribution is 2.71. The molecule has 4 aliphatic heterocycles. The van der Waals surface area contributed by atoms with Gasteiger partial charge in [0.1, 0.15) is 30.6 Å². The molecule has 0 aromatic heterocycles. The van der Waals surface area contributed by atoms with Gasteiger partial charge in [0, 0.05) is 22.5 Å². The van der Waals surface area contributed by atoms with E-state index in [0.29, 0.717) is 27.4 Å². The number of thioether (sulfide) groups is 3. The van der Waals surface area contributed by atoms with Crippen LogP contribution in [-0.4, -0.2) is 97.7 Å². The Balaban J connectivity index is 1.50. The lowest BCUT2D eigenvalue weighted by molar-refractivity contribution is -0.138. The molecule has 3 aromatic carbocycles. The predicted molar refractivity (Wildman–Crippen MR) is 220 cm³/mol. The SMILES string of the molecule is COC(=O)C1=C(C(=O)OC)SC2(S1)C(C(=O)OC)=C(C(=O)OC)SC1=C2c2cc(OC)ccc2N(C(=O)[C@@H](Cc2ccccc2)N2C(=O)c3ccccc3C2=O)C1(C)C. The number of rotatable bonds is 9. The number of carbonyl (C=O) groups is 7. The quantitative estimate of drug-likeness (QED) is 0.150. The molecule has 0 N–H and O–H groups in total. The summed E-state index contributed by atoms with van der Waals surface area (Å²) in [5.41, 5.74) is 0.198. The van der Waals surface area contributed by atoms with E-state index in [-0.39, 0.29) is 43.5 Å². The van der Waals surface area contributed by atoms with Crippen molar-refractivity contribution in [2.45, 2.75) is 35.9 Å². The number of nitrogens with zero attached hydrogens (tertiary/aromatic N) is 2. The molecule has 4 aliphatic rings. The molecule has 304 valence electrons. The maximum Gasteiger partial charge on any atom is 0.345 e. The van der Waals surface area contributed by atoms with Crippen LogP contribution in [0.3, 0.4) is 0 Å². The predicted octanol–water partition coefficient (Wildman–Crippen LogP) is 5.52. The Morgan fingerprint density at radius 3 is 1.71 bits per heavy atom. The fourth-order valence-electron chi connectivity index (χ4n) is 7.58. The van der Waals surface area contributed by atoms with E-state index in [9.17, 15) is 28.8 Å². The summed E-state index contributed by atoms with van der Waals surface area (Å²) in [5, 5.41) is 0. The van der Waals surface area contributed by atoms with Gasteiger partial charge in [0.05, 0.1) is 63.5 Å². The lowest BCUT2D eigenvalue weighted by Crippen LogP contribution is -2.60. The fraction of sp³-hybridized carbons (Fsp3) is 0.262. The van der Waals surface area contributed by atoms with Gasteiger partial charge in [-0.2, -0.15) is 0 Å². The Morgan fingerprint density at radius 1 is 0.661 bits per heavy atom. The Labute approximate surface area is 351 Å². The molecule has 7 rings (SSSR count). The number of amides is 3. The van der Waals surface area contributed by atoms with Crippen LogP contribution in [0.15, 0.2) is 98.0 Å². The molecule has 0 unspecified atom stereocenters. The monoisotopic (exact) mass is 856 g/mol. The van der Waals surface area contributed by atoms with Gasteiger partial charge in [-0.1, -0.05) is 77.8 Å². The highest BCUT2D eigenvalue weighted by atomic mass is 32.2. The van der Waals surface area contributed by atoms with Gasteiger partial charge in [-0.15, -0.1) is 0 Å². The van der Waals surface area contributed by atoms with Gasteiger partial charge in [-0.25, -0.2) is 19.2 Å². The molecule has 3 aromatic rings. The van der Waals surface area contributed by atoms with Crippen LogP contribution in [0.25, 0.3) is 5.57 Å².